The summed E-state index contributed by atoms with van der Waals surface area (Å²) in [6, 6.07) is 14.4. The van der Waals surface area contributed by atoms with E-state index in [0.29, 0.717) is 18.6 Å². The molecule has 0 saturated heterocycles. The first-order valence-electron chi connectivity index (χ1n) is 11.9. The third kappa shape index (κ3) is 4.45. The van der Waals surface area contributed by atoms with Gasteiger partial charge in [-0.3, -0.25) is 9.78 Å². The molecule has 3 nitrogen and oxygen atoms in total. The van der Waals surface area contributed by atoms with Gasteiger partial charge < -0.3 is 4.98 Å². The van der Waals surface area contributed by atoms with E-state index >= 15 is 0 Å². The van der Waals surface area contributed by atoms with Gasteiger partial charge >= 0.3 is 0 Å². The number of benzene rings is 2. The van der Waals surface area contributed by atoms with Gasteiger partial charge in [-0.25, -0.2) is 0 Å². The first-order valence-corrected chi connectivity index (χ1v) is 12.2. The Morgan fingerprint density at radius 3 is 2.69 bits per heavy atom. The van der Waals surface area contributed by atoms with Crippen LogP contribution >= 0.6 is 11.6 Å². The van der Waals surface area contributed by atoms with E-state index in [4.69, 9.17) is 16.6 Å². The van der Waals surface area contributed by atoms with E-state index in [0.717, 1.165) is 49.1 Å². The maximum absolute atomic E-state index is 12.6. The molecule has 0 fully saturated rings. The number of nitrogens with one attached hydrogen (secondary N) is 1. The molecule has 0 aliphatic heterocycles. The Morgan fingerprint density at radius 1 is 0.969 bits per heavy atom. The highest BCUT2D eigenvalue weighted by atomic mass is 35.5. The van der Waals surface area contributed by atoms with Gasteiger partial charge in [-0.1, -0.05) is 35.9 Å². The lowest BCUT2D eigenvalue weighted by Crippen LogP contribution is -2.10. The van der Waals surface area contributed by atoms with Gasteiger partial charge in [-0.05, 0) is 86.3 Å². The summed E-state index contributed by atoms with van der Waals surface area (Å²) in [4.78, 5) is 20.8. The van der Waals surface area contributed by atoms with Gasteiger partial charge in [0, 0.05) is 46.0 Å². The Bertz CT molecular complexity index is 1270. The van der Waals surface area contributed by atoms with Crippen LogP contribution in [0.4, 0.5) is 0 Å². The highest BCUT2D eigenvalue weighted by Crippen LogP contribution is 2.31. The third-order valence-electron chi connectivity index (χ3n) is 6.80. The smallest absolute Gasteiger partial charge is 0.132 e. The summed E-state index contributed by atoms with van der Waals surface area (Å²) >= 11 is 6.23. The average molecular weight is 445 g/mol. The van der Waals surface area contributed by atoms with Gasteiger partial charge in [-0.15, -0.1) is 0 Å². The van der Waals surface area contributed by atoms with Crippen LogP contribution in [0.25, 0.3) is 21.8 Å². The number of carbonyl (C=O) groups is 1. The molecule has 0 amide bonds. The fraction of sp³-hybridized carbons (Fsp3) is 0.357. The number of fused-ring (bicyclic) bond motifs is 3. The van der Waals surface area contributed by atoms with Crippen LogP contribution in [0.5, 0.6) is 0 Å². The molecule has 2 aromatic carbocycles. The normalized spacial score (nSPS) is 13.5. The van der Waals surface area contributed by atoms with E-state index in [1.165, 1.54) is 51.5 Å². The van der Waals surface area contributed by atoms with Crippen molar-refractivity contribution in [2.75, 3.05) is 0 Å². The van der Waals surface area contributed by atoms with Crippen LogP contribution in [0.1, 0.15) is 60.9 Å². The lowest BCUT2D eigenvalue weighted by molar-refractivity contribution is -0.119. The van der Waals surface area contributed by atoms with Crippen LogP contribution in [0.2, 0.25) is 5.02 Å². The quantitative estimate of drug-likeness (QED) is 0.313. The summed E-state index contributed by atoms with van der Waals surface area (Å²) in [5.41, 5.74) is 7.54. The molecule has 0 bridgehead atoms. The maximum Gasteiger partial charge on any atom is 0.132 e. The number of hydrogen-bond donors (Lipinski definition) is 1. The lowest BCUT2D eigenvalue weighted by Gasteiger charge is -2.21. The zero-order valence-electron chi connectivity index (χ0n) is 18.4. The molecule has 0 unspecified atom stereocenters. The molecule has 1 aliphatic carbocycles. The number of rotatable bonds is 8. The number of ketones is 1. The minimum absolute atomic E-state index is 0.375. The number of Topliss-reactive ketones (excluding diaryl/α,β-unsaturated/α-hetero) is 1. The third-order valence-corrected chi connectivity index (χ3v) is 7.04. The highest BCUT2D eigenvalue weighted by molar-refractivity contribution is 6.31. The molecule has 0 radical (unpaired) electrons. The van der Waals surface area contributed by atoms with Gasteiger partial charge in [-0.2, -0.15) is 0 Å². The minimum atomic E-state index is 0.375. The number of aromatic amines is 1. The topological polar surface area (TPSA) is 45.8 Å². The molecule has 0 spiro atoms. The fourth-order valence-corrected chi connectivity index (χ4v) is 5.35. The molecular formula is C28H29ClN2O. The Labute approximate surface area is 194 Å². The molecule has 0 saturated carbocycles. The van der Waals surface area contributed by atoms with Gasteiger partial charge in [0.1, 0.15) is 5.78 Å². The molecule has 1 aliphatic rings. The largest absolute Gasteiger partial charge is 0.361 e. The van der Waals surface area contributed by atoms with Crippen molar-refractivity contribution in [2.24, 2.45) is 0 Å². The number of pyridine rings is 1. The number of H-pyrrole nitrogens is 1. The first-order chi connectivity index (χ1) is 15.7. The second-order valence-electron chi connectivity index (χ2n) is 8.99. The Morgan fingerprint density at radius 2 is 1.78 bits per heavy atom. The van der Waals surface area contributed by atoms with Crippen LogP contribution in [-0.4, -0.2) is 15.8 Å². The van der Waals surface area contributed by atoms with Crippen molar-refractivity contribution in [3.05, 3.63) is 76.1 Å². The molecule has 32 heavy (non-hydrogen) atoms. The van der Waals surface area contributed by atoms with Gasteiger partial charge in [0.05, 0.1) is 5.52 Å². The van der Waals surface area contributed by atoms with Crippen molar-refractivity contribution < 1.29 is 4.79 Å². The van der Waals surface area contributed by atoms with Crippen LogP contribution in [0.3, 0.4) is 0 Å². The molecule has 4 heteroatoms. The highest BCUT2D eigenvalue weighted by Gasteiger charge is 2.18. The molecular weight excluding hydrogens is 416 g/mol. The number of aryl methyl sites for hydroxylation is 3. The maximum atomic E-state index is 12.6. The Balaban J connectivity index is 1.20. The van der Waals surface area contributed by atoms with E-state index in [9.17, 15) is 4.79 Å². The molecule has 2 aromatic heterocycles. The second kappa shape index (κ2) is 9.46. The van der Waals surface area contributed by atoms with Crippen molar-refractivity contribution in [1.82, 2.24) is 9.97 Å². The van der Waals surface area contributed by atoms with Crippen LogP contribution < -0.4 is 0 Å². The number of halogens is 1. The Kier molecular flexibility index (Phi) is 6.27. The number of carbonyl (C=O) groups excluding carboxylic acids is 1. The molecule has 0 atom stereocenters. The lowest BCUT2D eigenvalue weighted by atomic mass is 9.87. The number of para-hydroxylation sites is 1. The van der Waals surface area contributed by atoms with E-state index in [-0.39, 0.29) is 0 Å². The van der Waals surface area contributed by atoms with Crippen LogP contribution in [0.15, 0.2) is 48.7 Å². The monoisotopic (exact) mass is 444 g/mol. The molecule has 164 valence electrons. The van der Waals surface area contributed by atoms with Gasteiger partial charge in [0.2, 0.25) is 0 Å². The predicted molar refractivity (Wildman–Crippen MR) is 133 cm³/mol. The zero-order valence-corrected chi connectivity index (χ0v) is 19.2. The summed E-state index contributed by atoms with van der Waals surface area (Å²) in [7, 11) is 0. The molecule has 2 heterocycles. The average Bonchev–Trinajstić information content (AvgIpc) is 3.21. The fourth-order valence-electron chi connectivity index (χ4n) is 5.19. The summed E-state index contributed by atoms with van der Waals surface area (Å²) < 4.78 is 0. The SMILES string of the molecule is O=C(CCCc1c2c(nc3cc(Cl)ccc13)CCCC2)CCCc1c[nH]c2ccccc12. The second-order valence-corrected chi connectivity index (χ2v) is 9.43. The summed E-state index contributed by atoms with van der Waals surface area (Å²) in [5, 5.41) is 3.22. The van der Waals surface area contributed by atoms with Gasteiger partial charge in [0.15, 0.2) is 0 Å². The molecule has 5 rings (SSSR count). The molecule has 1 N–H and O–H groups in total. The summed E-state index contributed by atoms with van der Waals surface area (Å²) in [5.74, 6) is 0.375. The Hall–Kier alpha value is -2.65. The predicted octanol–water partition coefficient (Wildman–Crippen LogP) is 7.16. The number of aromatic nitrogens is 2. The van der Waals surface area contributed by atoms with Gasteiger partial charge in [0.25, 0.3) is 0 Å². The minimum Gasteiger partial charge on any atom is -0.361 e. The van der Waals surface area contributed by atoms with E-state index in [1.54, 1.807) is 0 Å². The van der Waals surface area contributed by atoms with E-state index in [2.05, 4.69) is 35.4 Å². The van der Waals surface area contributed by atoms with Crippen molar-refractivity contribution in [2.45, 2.75) is 64.2 Å². The van der Waals surface area contributed by atoms with Crippen LogP contribution in [-0.2, 0) is 30.5 Å². The van der Waals surface area contributed by atoms with Crippen molar-refractivity contribution in [3.63, 3.8) is 0 Å². The van der Waals surface area contributed by atoms with Crippen LogP contribution in [0, 0.1) is 0 Å². The molecule has 4 aromatic rings. The summed E-state index contributed by atoms with van der Waals surface area (Å²) in [6.45, 7) is 0. The standard InChI is InChI=1S/C28H29ClN2O/c29-20-15-16-25-23(24-11-2-4-14-27(24)31-28(25)17-20)12-6-9-21(32)8-5-7-19-18-30-26-13-3-1-10-22(19)26/h1,3,10,13,15-18,30H,2,4-9,11-12,14H2. The number of nitrogens with zero attached hydrogens (tertiary/aromatic N) is 1. The number of hydrogen-bond acceptors (Lipinski definition) is 2. The van der Waals surface area contributed by atoms with Crippen molar-refractivity contribution in [3.8, 4) is 0 Å². The zero-order chi connectivity index (χ0) is 21.9. The van der Waals surface area contributed by atoms with Crippen molar-refractivity contribution >= 4 is 39.2 Å². The first kappa shape index (κ1) is 21.2. The van der Waals surface area contributed by atoms with E-state index in [1.807, 2.05) is 18.2 Å². The van der Waals surface area contributed by atoms with E-state index < -0.39 is 0 Å². The van der Waals surface area contributed by atoms with Crippen molar-refractivity contribution in [1.29, 1.82) is 0 Å². The summed E-state index contributed by atoms with van der Waals surface area (Å²) in [6.07, 6.45) is 11.7.